The second-order valence-electron chi connectivity index (χ2n) is 8.45. The van der Waals surface area contributed by atoms with Gasteiger partial charge >= 0.3 is 11.9 Å². The molecule has 166 valence electrons. The van der Waals surface area contributed by atoms with Crippen LogP contribution in [-0.2, 0) is 19.1 Å². The minimum atomic E-state index is -2.00. The molecule has 0 saturated carbocycles. The Bertz CT molecular complexity index is 651. The van der Waals surface area contributed by atoms with Gasteiger partial charge in [0.05, 0.1) is 17.5 Å². The van der Waals surface area contributed by atoms with Crippen LogP contribution in [-0.4, -0.2) is 86.7 Å². The van der Waals surface area contributed by atoms with Gasteiger partial charge in [0, 0.05) is 13.1 Å². The maximum atomic E-state index is 12.5. The second-order valence-corrected chi connectivity index (χ2v) is 9.10. The SMILES string of the molecule is CC(Cl)C(C)(O)C(=O)OC1CCN2CC=C(COC(=O)C(O)(C(C)C)C(C)O)C12. The lowest BCUT2D eigenvalue weighted by atomic mass is 9.85. The maximum absolute atomic E-state index is 12.5. The van der Waals surface area contributed by atoms with Crippen LogP contribution in [0.15, 0.2) is 11.6 Å². The van der Waals surface area contributed by atoms with Crippen molar-refractivity contribution in [3.63, 3.8) is 0 Å². The number of hydrogen-bond donors (Lipinski definition) is 3. The van der Waals surface area contributed by atoms with Crippen LogP contribution in [0.5, 0.6) is 0 Å². The van der Waals surface area contributed by atoms with Crippen molar-refractivity contribution in [2.75, 3.05) is 19.7 Å². The van der Waals surface area contributed by atoms with Crippen LogP contribution in [0.4, 0.5) is 0 Å². The highest BCUT2D eigenvalue weighted by molar-refractivity contribution is 6.22. The highest BCUT2D eigenvalue weighted by Gasteiger charge is 2.48. The summed E-state index contributed by atoms with van der Waals surface area (Å²) < 4.78 is 10.9. The van der Waals surface area contributed by atoms with E-state index in [2.05, 4.69) is 4.90 Å². The summed E-state index contributed by atoms with van der Waals surface area (Å²) in [4.78, 5) is 26.9. The molecular formula is C20H32ClNO7. The summed E-state index contributed by atoms with van der Waals surface area (Å²) in [5, 5.41) is 29.8. The largest absolute Gasteiger partial charge is 0.459 e. The molecular weight excluding hydrogens is 402 g/mol. The highest BCUT2D eigenvalue weighted by Crippen LogP contribution is 2.33. The summed E-state index contributed by atoms with van der Waals surface area (Å²) >= 11 is 5.89. The Labute approximate surface area is 176 Å². The van der Waals surface area contributed by atoms with Crippen molar-refractivity contribution in [1.29, 1.82) is 0 Å². The first-order chi connectivity index (χ1) is 13.3. The molecule has 0 radical (unpaired) electrons. The summed E-state index contributed by atoms with van der Waals surface area (Å²) in [6.45, 7) is 8.66. The van der Waals surface area contributed by atoms with E-state index in [-0.39, 0.29) is 12.6 Å². The van der Waals surface area contributed by atoms with E-state index in [0.717, 1.165) is 5.57 Å². The molecule has 0 spiro atoms. The zero-order valence-corrected chi connectivity index (χ0v) is 18.3. The normalized spacial score (nSPS) is 28.1. The topological polar surface area (TPSA) is 117 Å². The van der Waals surface area contributed by atoms with Crippen LogP contribution in [0.25, 0.3) is 0 Å². The minimum Gasteiger partial charge on any atom is -0.459 e. The van der Waals surface area contributed by atoms with Crippen molar-refractivity contribution in [2.24, 2.45) is 5.92 Å². The molecule has 0 amide bonds. The number of rotatable bonds is 8. The average Bonchev–Trinajstić information content (AvgIpc) is 3.21. The summed E-state index contributed by atoms with van der Waals surface area (Å²) in [5.74, 6) is -2.23. The van der Waals surface area contributed by atoms with E-state index in [4.69, 9.17) is 21.1 Å². The van der Waals surface area contributed by atoms with Gasteiger partial charge in [-0.05, 0) is 38.7 Å². The third-order valence-corrected chi connectivity index (χ3v) is 6.50. The van der Waals surface area contributed by atoms with Crippen molar-refractivity contribution in [2.45, 2.75) is 75.9 Å². The Hall–Kier alpha value is -1.19. The predicted octanol–water partition coefficient (Wildman–Crippen LogP) is 0.602. The van der Waals surface area contributed by atoms with Crippen molar-refractivity contribution < 1.29 is 34.4 Å². The molecule has 0 aromatic carbocycles. The van der Waals surface area contributed by atoms with Crippen molar-refractivity contribution in [3.05, 3.63) is 11.6 Å². The Balaban J connectivity index is 2.05. The third-order valence-electron chi connectivity index (χ3n) is 6.07. The fraction of sp³-hybridized carbons (Fsp3) is 0.800. The number of halogens is 1. The lowest BCUT2D eigenvalue weighted by Gasteiger charge is -2.33. The number of alkyl halides is 1. The molecule has 0 aromatic heterocycles. The molecule has 2 rings (SSSR count). The quantitative estimate of drug-likeness (QED) is 0.289. The Morgan fingerprint density at radius 2 is 1.90 bits per heavy atom. The number of hydrogen-bond acceptors (Lipinski definition) is 8. The number of ether oxygens (including phenoxy) is 2. The number of nitrogens with zero attached hydrogens (tertiary/aromatic N) is 1. The molecule has 9 heteroatoms. The minimum absolute atomic E-state index is 0.0852. The second kappa shape index (κ2) is 8.89. The number of carbonyl (C=O) groups is 2. The molecule has 6 unspecified atom stereocenters. The third kappa shape index (κ3) is 4.61. The lowest BCUT2D eigenvalue weighted by molar-refractivity contribution is -0.184. The van der Waals surface area contributed by atoms with Crippen LogP contribution in [0.3, 0.4) is 0 Å². The number of esters is 2. The summed E-state index contributed by atoms with van der Waals surface area (Å²) in [6, 6.07) is -0.271. The van der Waals surface area contributed by atoms with Gasteiger partial charge in [0.1, 0.15) is 12.7 Å². The molecule has 0 aliphatic carbocycles. The van der Waals surface area contributed by atoms with Crippen molar-refractivity contribution in [1.82, 2.24) is 4.90 Å². The van der Waals surface area contributed by atoms with Gasteiger partial charge in [-0.3, -0.25) is 4.90 Å². The molecule has 2 heterocycles. The molecule has 1 saturated heterocycles. The average molecular weight is 434 g/mol. The van der Waals surface area contributed by atoms with Gasteiger partial charge in [-0.2, -0.15) is 0 Å². The molecule has 6 atom stereocenters. The molecule has 29 heavy (non-hydrogen) atoms. The van der Waals surface area contributed by atoms with Crippen LogP contribution >= 0.6 is 11.6 Å². The van der Waals surface area contributed by atoms with Crippen LogP contribution in [0, 0.1) is 5.92 Å². The molecule has 2 aliphatic rings. The highest BCUT2D eigenvalue weighted by atomic mass is 35.5. The fourth-order valence-corrected chi connectivity index (χ4v) is 3.79. The summed E-state index contributed by atoms with van der Waals surface area (Å²) in [7, 11) is 0. The van der Waals surface area contributed by atoms with Crippen LogP contribution in [0.2, 0.25) is 0 Å². The summed E-state index contributed by atoms with van der Waals surface area (Å²) in [6.07, 6.45) is 0.691. The van der Waals surface area contributed by atoms with Crippen molar-refractivity contribution in [3.8, 4) is 0 Å². The van der Waals surface area contributed by atoms with Crippen molar-refractivity contribution >= 4 is 23.5 Å². The van der Waals surface area contributed by atoms with Gasteiger partial charge < -0.3 is 24.8 Å². The first-order valence-corrected chi connectivity index (χ1v) is 10.3. The van der Waals surface area contributed by atoms with E-state index in [1.165, 1.54) is 20.8 Å². The number of fused-ring (bicyclic) bond motifs is 1. The lowest BCUT2D eigenvalue weighted by Crippen LogP contribution is -2.53. The van der Waals surface area contributed by atoms with E-state index in [9.17, 15) is 24.9 Å². The predicted molar refractivity (Wildman–Crippen MR) is 106 cm³/mol. The Kier molecular flexibility index (Phi) is 7.39. The standard InChI is InChI=1S/C20H32ClNO7/c1-11(2)20(27,13(4)23)18(25)28-10-14-6-8-22-9-7-15(16(14)22)29-17(24)19(5,26)12(3)21/h6,11-13,15-16,23,26-27H,7-10H2,1-5H3. The smallest absolute Gasteiger partial charge is 0.341 e. The van der Waals surface area contributed by atoms with Gasteiger partial charge in [0.15, 0.2) is 11.2 Å². The summed E-state index contributed by atoms with van der Waals surface area (Å²) in [5.41, 5.74) is -3.06. The molecule has 8 nitrogen and oxygen atoms in total. The first kappa shape index (κ1) is 24.1. The molecule has 0 aromatic rings. The van der Waals surface area contributed by atoms with E-state index < -0.39 is 46.6 Å². The van der Waals surface area contributed by atoms with Gasteiger partial charge in [0.25, 0.3) is 0 Å². The molecule has 0 bridgehead atoms. The zero-order valence-electron chi connectivity index (χ0n) is 17.6. The molecule has 3 N–H and O–H groups in total. The van der Waals surface area contributed by atoms with E-state index in [0.29, 0.717) is 19.5 Å². The number of aliphatic hydroxyl groups is 3. The zero-order chi connectivity index (χ0) is 22.1. The number of aliphatic hydroxyl groups excluding tert-OH is 1. The van der Waals surface area contributed by atoms with Gasteiger partial charge in [-0.15, -0.1) is 11.6 Å². The van der Waals surface area contributed by atoms with Crippen LogP contribution < -0.4 is 0 Å². The molecule has 2 aliphatic heterocycles. The number of carbonyl (C=O) groups excluding carboxylic acids is 2. The van der Waals surface area contributed by atoms with Crippen LogP contribution in [0.1, 0.15) is 41.0 Å². The monoisotopic (exact) mass is 433 g/mol. The van der Waals surface area contributed by atoms with E-state index >= 15 is 0 Å². The van der Waals surface area contributed by atoms with E-state index in [1.54, 1.807) is 13.8 Å². The Morgan fingerprint density at radius 1 is 1.28 bits per heavy atom. The molecule has 1 fully saturated rings. The Morgan fingerprint density at radius 3 is 2.41 bits per heavy atom. The fourth-order valence-electron chi connectivity index (χ4n) is 3.70. The van der Waals surface area contributed by atoms with Gasteiger partial charge in [0.2, 0.25) is 0 Å². The maximum Gasteiger partial charge on any atom is 0.341 e. The van der Waals surface area contributed by atoms with E-state index in [1.807, 2.05) is 6.08 Å². The van der Waals surface area contributed by atoms with Gasteiger partial charge in [-0.25, -0.2) is 9.59 Å². The van der Waals surface area contributed by atoms with Gasteiger partial charge in [-0.1, -0.05) is 19.9 Å². The first-order valence-electron chi connectivity index (χ1n) is 9.91.